The Morgan fingerprint density at radius 3 is 2.33 bits per heavy atom. The van der Waals surface area contributed by atoms with Gasteiger partial charge in [0.15, 0.2) is 0 Å². The van der Waals surface area contributed by atoms with Crippen LogP contribution >= 0.6 is 0 Å². The van der Waals surface area contributed by atoms with Crippen molar-refractivity contribution >= 4 is 5.91 Å². The smallest absolute Gasteiger partial charge is 0.222 e. The van der Waals surface area contributed by atoms with Crippen LogP contribution in [0.5, 0.6) is 0 Å². The van der Waals surface area contributed by atoms with Crippen LogP contribution < -0.4 is 0 Å². The van der Waals surface area contributed by atoms with Crippen LogP contribution in [-0.2, 0) is 4.79 Å². The molecule has 0 aromatic heterocycles. The average Bonchev–Trinajstić information content (AvgIpc) is 2.33. The molecule has 0 aliphatic carbocycles. The van der Waals surface area contributed by atoms with Crippen LogP contribution in [0, 0.1) is 0 Å². The van der Waals surface area contributed by atoms with Crippen molar-refractivity contribution in [3.8, 4) is 0 Å². The summed E-state index contributed by atoms with van der Waals surface area (Å²) in [5, 5.41) is 0. The van der Waals surface area contributed by atoms with Crippen LogP contribution in [0.3, 0.4) is 0 Å². The van der Waals surface area contributed by atoms with E-state index in [1.165, 1.54) is 11.1 Å². The molecule has 102 valence electrons. The van der Waals surface area contributed by atoms with Gasteiger partial charge in [0.1, 0.15) is 0 Å². The SMILES string of the molecule is C=CCN(C/C=C(\C)CCC=C(C)C)C(=O)CC. The van der Waals surface area contributed by atoms with E-state index in [1.54, 1.807) is 6.08 Å². The third-order valence-corrected chi connectivity index (χ3v) is 2.76. The summed E-state index contributed by atoms with van der Waals surface area (Å²) in [5.74, 6) is 0.184. The first-order valence-electron chi connectivity index (χ1n) is 6.68. The fraction of sp³-hybridized carbons (Fsp3) is 0.562. The molecule has 0 N–H and O–H groups in total. The molecule has 0 fully saturated rings. The minimum absolute atomic E-state index is 0.184. The fourth-order valence-corrected chi connectivity index (χ4v) is 1.61. The summed E-state index contributed by atoms with van der Waals surface area (Å²) in [5.41, 5.74) is 2.70. The van der Waals surface area contributed by atoms with Crippen LogP contribution in [0.4, 0.5) is 0 Å². The van der Waals surface area contributed by atoms with Crippen molar-refractivity contribution in [1.29, 1.82) is 0 Å². The van der Waals surface area contributed by atoms with Crippen molar-refractivity contribution in [2.24, 2.45) is 0 Å². The first kappa shape index (κ1) is 16.7. The Morgan fingerprint density at radius 1 is 1.17 bits per heavy atom. The first-order valence-corrected chi connectivity index (χ1v) is 6.68. The molecule has 0 heterocycles. The zero-order valence-electron chi connectivity index (χ0n) is 12.3. The van der Waals surface area contributed by atoms with E-state index in [0.29, 0.717) is 19.5 Å². The molecule has 0 aliphatic heterocycles. The van der Waals surface area contributed by atoms with Crippen molar-refractivity contribution in [3.05, 3.63) is 36.0 Å². The minimum Gasteiger partial charge on any atom is -0.335 e. The van der Waals surface area contributed by atoms with Crippen LogP contribution in [0.2, 0.25) is 0 Å². The molecule has 0 aliphatic rings. The Hall–Kier alpha value is -1.31. The van der Waals surface area contributed by atoms with Crippen LogP contribution in [-0.4, -0.2) is 23.9 Å². The number of carbonyl (C=O) groups is 1. The highest BCUT2D eigenvalue weighted by molar-refractivity contribution is 5.76. The Morgan fingerprint density at radius 2 is 1.83 bits per heavy atom. The van der Waals surface area contributed by atoms with Crippen LogP contribution in [0.25, 0.3) is 0 Å². The van der Waals surface area contributed by atoms with Gasteiger partial charge in [-0.05, 0) is 33.6 Å². The lowest BCUT2D eigenvalue weighted by molar-refractivity contribution is -0.129. The monoisotopic (exact) mass is 249 g/mol. The molecule has 0 bridgehead atoms. The van der Waals surface area contributed by atoms with Crippen molar-refractivity contribution in [3.63, 3.8) is 0 Å². The molecule has 2 nitrogen and oxygen atoms in total. The van der Waals surface area contributed by atoms with Gasteiger partial charge in [-0.25, -0.2) is 0 Å². The number of nitrogens with zero attached hydrogens (tertiary/aromatic N) is 1. The number of hydrogen-bond acceptors (Lipinski definition) is 1. The summed E-state index contributed by atoms with van der Waals surface area (Å²) in [6.45, 7) is 13.3. The summed E-state index contributed by atoms with van der Waals surface area (Å²) >= 11 is 0. The third-order valence-electron chi connectivity index (χ3n) is 2.76. The summed E-state index contributed by atoms with van der Waals surface area (Å²) in [7, 11) is 0. The Bertz CT molecular complexity index is 322. The summed E-state index contributed by atoms with van der Waals surface area (Å²) < 4.78 is 0. The zero-order valence-corrected chi connectivity index (χ0v) is 12.3. The molecule has 0 saturated carbocycles. The first-order chi connectivity index (χ1) is 8.51. The maximum Gasteiger partial charge on any atom is 0.222 e. The van der Waals surface area contributed by atoms with Crippen LogP contribution in [0.15, 0.2) is 36.0 Å². The Labute approximate surface area is 112 Å². The van der Waals surface area contributed by atoms with Gasteiger partial charge in [0, 0.05) is 19.5 Å². The van der Waals surface area contributed by atoms with Gasteiger partial charge in [0.25, 0.3) is 0 Å². The van der Waals surface area contributed by atoms with Gasteiger partial charge in [-0.3, -0.25) is 4.79 Å². The van der Waals surface area contributed by atoms with Crippen LogP contribution in [0.1, 0.15) is 47.0 Å². The molecule has 2 heteroatoms. The van der Waals surface area contributed by atoms with Crippen molar-refractivity contribution < 1.29 is 4.79 Å². The molecule has 0 aromatic rings. The molecule has 0 atom stereocenters. The van der Waals surface area contributed by atoms with E-state index in [2.05, 4.69) is 39.5 Å². The van der Waals surface area contributed by atoms with Gasteiger partial charge in [-0.2, -0.15) is 0 Å². The van der Waals surface area contributed by atoms with E-state index in [4.69, 9.17) is 0 Å². The molecular formula is C16H27NO. The molecule has 18 heavy (non-hydrogen) atoms. The Kier molecular flexibility index (Phi) is 8.99. The number of allylic oxidation sites excluding steroid dienone is 3. The van der Waals surface area contributed by atoms with Crippen molar-refractivity contribution in [1.82, 2.24) is 4.90 Å². The van der Waals surface area contributed by atoms with E-state index in [0.717, 1.165) is 12.8 Å². The summed E-state index contributed by atoms with van der Waals surface area (Å²) in [6, 6.07) is 0. The van der Waals surface area contributed by atoms with Gasteiger partial charge in [0.05, 0.1) is 0 Å². The molecule has 0 radical (unpaired) electrons. The van der Waals surface area contributed by atoms with E-state index in [9.17, 15) is 4.79 Å². The van der Waals surface area contributed by atoms with Crippen molar-refractivity contribution in [2.45, 2.75) is 47.0 Å². The highest BCUT2D eigenvalue weighted by atomic mass is 16.2. The minimum atomic E-state index is 0.184. The van der Waals surface area contributed by atoms with Gasteiger partial charge in [-0.15, -0.1) is 6.58 Å². The van der Waals surface area contributed by atoms with Gasteiger partial charge in [-0.1, -0.05) is 36.3 Å². The van der Waals surface area contributed by atoms with E-state index < -0.39 is 0 Å². The number of amides is 1. The maximum atomic E-state index is 11.7. The molecule has 0 saturated heterocycles. The third kappa shape index (κ3) is 7.88. The topological polar surface area (TPSA) is 20.3 Å². The van der Waals surface area contributed by atoms with Gasteiger partial charge >= 0.3 is 0 Å². The number of carbonyl (C=O) groups excluding carboxylic acids is 1. The second kappa shape index (κ2) is 9.69. The standard InChI is InChI=1S/C16H27NO/c1-6-12-17(16(18)7-2)13-11-15(5)10-8-9-14(3)4/h6,9,11H,1,7-8,10,12-13H2,2-5H3/b15-11+. The zero-order chi connectivity index (χ0) is 14.0. The van der Waals surface area contributed by atoms with E-state index in [1.807, 2.05) is 11.8 Å². The molecule has 1 amide bonds. The molecule has 0 aromatic carbocycles. The Balaban J connectivity index is 4.25. The lowest BCUT2D eigenvalue weighted by atomic mass is 10.1. The lowest BCUT2D eigenvalue weighted by Crippen LogP contribution is -2.30. The van der Waals surface area contributed by atoms with E-state index >= 15 is 0 Å². The quantitative estimate of drug-likeness (QED) is 0.593. The fourth-order valence-electron chi connectivity index (χ4n) is 1.61. The summed E-state index contributed by atoms with van der Waals surface area (Å²) in [4.78, 5) is 13.5. The second-order valence-electron chi connectivity index (χ2n) is 4.81. The largest absolute Gasteiger partial charge is 0.335 e. The summed E-state index contributed by atoms with van der Waals surface area (Å²) in [6.07, 6.45) is 8.87. The number of hydrogen-bond donors (Lipinski definition) is 0. The van der Waals surface area contributed by atoms with Crippen molar-refractivity contribution in [2.75, 3.05) is 13.1 Å². The maximum absolute atomic E-state index is 11.7. The second-order valence-corrected chi connectivity index (χ2v) is 4.81. The highest BCUT2D eigenvalue weighted by Gasteiger charge is 2.07. The van der Waals surface area contributed by atoms with Gasteiger partial charge in [0.2, 0.25) is 5.91 Å². The average molecular weight is 249 g/mol. The highest BCUT2D eigenvalue weighted by Crippen LogP contribution is 2.07. The predicted octanol–water partition coefficient (Wildman–Crippen LogP) is 4.10. The molecule has 0 unspecified atom stereocenters. The molecule has 0 rings (SSSR count). The van der Waals surface area contributed by atoms with E-state index in [-0.39, 0.29) is 5.91 Å². The van der Waals surface area contributed by atoms with Gasteiger partial charge < -0.3 is 4.90 Å². The lowest BCUT2D eigenvalue weighted by Gasteiger charge is -2.18. The number of rotatable bonds is 8. The normalized spacial score (nSPS) is 11.0. The predicted molar refractivity (Wildman–Crippen MR) is 79.5 cm³/mol. The molecular weight excluding hydrogens is 222 g/mol. The molecule has 0 spiro atoms.